The molecule has 0 saturated heterocycles. The van der Waals surface area contributed by atoms with Crippen LogP contribution in [-0.2, 0) is 7.05 Å². The highest BCUT2D eigenvalue weighted by molar-refractivity contribution is 9.10. The summed E-state index contributed by atoms with van der Waals surface area (Å²) in [6.07, 6.45) is 5.03. The molecule has 1 aliphatic rings. The fraction of sp³-hybridized carbons (Fsp3) is 0.818. The molecule has 2 rings (SSSR count). The second-order valence-electron chi connectivity index (χ2n) is 4.93. The fourth-order valence-corrected chi connectivity index (χ4v) is 3.15. The van der Waals surface area contributed by atoms with Crippen molar-refractivity contribution in [2.24, 2.45) is 24.6 Å². The standard InChI is InChI=1S/C11H19BrN4/c1-7-3-5-8(6-4-7)9(13)10-11(12)14-15-16(10)2/h7-9H,3-6,13H2,1-2H3. The summed E-state index contributed by atoms with van der Waals surface area (Å²) in [6, 6.07) is 0.0573. The van der Waals surface area contributed by atoms with E-state index in [2.05, 4.69) is 33.2 Å². The molecule has 1 aromatic heterocycles. The zero-order valence-electron chi connectivity index (χ0n) is 9.86. The molecule has 1 heterocycles. The molecular weight excluding hydrogens is 268 g/mol. The van der Waals surface area contributed by atoms with Crippen molar-refractivity contribution in [3.63, 3.8) is 0 Å². The summed E-state index contributed by atoms with van der Waals surface area (Å²) in [5.74, 6) is 1.43. The first-order valence-electron chi connectivity index (χ1n) is 5.90. The van der Waals surface area contributed by atoms with Crippen molar-refractivity contribution in [1.29, 1.82) is 0 Å². The van der Waals surface area contributed by atoms with Gasteiger partial charge >= 0.3 is 0 Å². The van der Waals surface area contributed by atoms with E-state index in [0.29, 0.717) is 5.92 Å². The van der Waals surface area contributed by atoms with Crippen molar-refractivity contribution in [1.82, 2.24) is 15.0 Å². The zero-order valence-corrected chi connectivity index (χ0v) is 11.4. The van der Waals surface area contributed by atoms with Crippen LogP contribution in [0.2, 0.25) is 0 Å². The lowest BCUT2D eigenvalue weighted by atomic mass is 9.79. The van der Waals surface area contributed by atoms with Crippen molar-refractivity contribution >= 4 is 15.9 Å². The molecule has 1 aliphatic carbocycles. The highest BCUT2D eigenvalue weighted by Crippen LogP contribution is 2.36. The van der Waals surface area contributed by atoms with Crippen LogP contribution < -0.4 is 5.73 Å². The number of hydrogen-bond acceptors (Lipinski definition) is 3. The van der Waals surface area contributed by atoms with Gasteiger partial charge in [-0.2, -0.15) is 0 Å². The Morgan fingerprint density at radius 1 is 1.38 bits per heavy atom. The maximum absolute atomic E-state index is 6.33. The van der Waals surface area contributed by atoms with Crippen LogP contribution in [0.1, 0.15) is 44.3 Å². The van der Waals surface area contributed by atoms with Gasteiger partial charge in [0.25, 0.3) is 0 Å². The molecule has 5 heteroatoms. The Labute approximate surface area is 105 Å². The summed E-state index contributed by atoms with van der Waals surface area (Å²) in [4.78, 5) is 0. The van der Waals surface area contributed by atoms with Gasteiger partial charge in [-0.1, -0.05) is 25.0 Å². The molecule has 0 spiro atoms. The number of aromatic nitrogens is 3. The Kier molecular flexibility index (Phi) is 3.64. The average Bonchev–Trinajstić information content (AvgIpc) is 2.59. The molecule has 1 unspecified atom stereocenters. The quantitative estimate of drug-likeness (QED) is 0.908. The minimum absolute atomic E-state index is 0.0573. The molecule has 1 fully saturated rings. The van der Waals surface area contributed by atoms with Crippen molar-refractivity contribution in [2.75, 3.05) is 0 Å². The topological polar surface area (TPSA) is 56.7 Å². The maximum Gasteiger partial charge on any atom is 0.153 e. The van der Waals surface area contributed by atoms with Gasteiger partial charge in [0.1, 0.15) is 0 Å². The van der Waals surface area contributed by atoms with Gasteiger partial charge < -0.3 is 5.73 Å². The van der Waals surface area contributed by atoms with E-state index < -0.39 is 0 Å². The molecule has 1 saturated carbocycles. The SMILES string of the molecule is CC1CCC(C(N)c2c(Br)nnn2C)CC1. The molecule has 1 atom stereocenters. The second-order valence-corrected chi connectivity index (χ2v) is 5.69. The smallest absolute Gasteiger partial charge is 0.153 e. The first kappa shape index (κ1) is 12.0. The highest BCUT2D eigenvalue weighted by Gasteiger charge is 2.28. The van der Waals surface area contributed by atoms with Crippen LogP contribution in [0.4, 0.5) is 0 Å². The van der Waals surface area contributed by atoms with Crippen LogP contribution in [0.15, 0.2) is 4.60 Å². The molecule has 0 radical (unpaired) electrons. The van der Waals surface area contributed by atoms with Gasteiger partial charge in [-0.25, -0.2) is 4.68 Å². The van der Waals surface area contributed by atoms with Crippen molar-refractivity contribution in [2.45, 2.75) is 38.6 Å². The number of halogens is 1. The molecule has 0 amide bonds. The van der Waals surface area contributed by atoms with E-state index in [9.17, 15) is 0 Å². The molecule has 16 heavy (non-hydrogen) atoms. The normalized spacial score (nSPS) is 28.0. The zero-order chi connectivity index (χ0) is 11.7. The first-order valence-corrected chi connectivity index (χ1v) is 6.69. The molecule has 4 nitrogen and oxygen atoms in total. The van der Waals surface area contributed by atoms with Gasteiger partial charge in [0.15, 0.2) is 4.60 Å². The van der Waals surface area contributed by atoms with Crippen LogP contribution in [0.25, 0.3) is 0 Å². The van der Waals surface area contributed by atoms with Crippen molar-refractivity contribution < 1.29 is 0 Å². The monoisotopic (exact) mass is 286 g/mol. The minimum atomic E-state index is 0.0573. The predicted octanol–water partition coefficient (Wildman–Crippen LogP) is 2.40. The summed E-state index contributed by atoms with van der Waals surface area (Å²) in [6.45, 7) is 2.32. The summed E-state index contributed by atoms with van der Waals surface area (Å²) in [7, 11) is 1.90. The summed E-state index contributed by atoms with van der Waals surface area (Å²) in [5.41, 5.74) is 7.36. The fourth-order valence-electron chi connectivity index (χ4n) is 2.56. The molecule has 0 aliphatic heterocycles. The van der Waals surface area contributed by atoms with Gasteiger partial charge in [0.05, 0.1) is 11.7 Å². The Hall–Kier alpha value is -0.420. The van der Waals surface area contributed by atoms with Gasteiger partial charge in [-0.05, 0) is 40.6 Å². The van der Waals surface area contributed by atoms with Crippen LogP contribution in [0.5, 0.6) is 0 Å². The summed E-state index contributed by atoms with van der Waals surface area (Å²) in [5, 5.41) is 7.98. The average molecular weight is 287 g/mol. The van der Waals surface area contributed by atoms with Crippen LogP contribution in [-0.4, -0.2) is 15.0 Å². The predicted molar refractivity (Wildman–Crippen MR) is 66.8 cm³/mol. The Bertz CT molecular complexity index is 335. The van der Waals surface area contributed by atoms with Gasteiger partial charge in [0.2, 0.25) is 0 Å². The second kappa shape index (κ2) is 4.84. The molecule has 1 aromatic rings. The molecule has 0 bridgehead atoms. The lowest BCUT2D eigenvalue weighted by Crippen LogP contribution is -2.27. The van der Waals surface area contributed by atoms with Crippen LogP contribution in [0, 0.1) is 11.8 Å². The van der Waals surface area contributed by atoms with E-state index in [4.69, 9.17) is 5.73 Å². The van der Waals surface area contributed by atoms with E-state index in [0.717, 1.165) is 16.2 Å². The first-order chi connectivity index (χ1) is 7.59. The van der Waals surface area contributed by atoms with Gasteiger partial charge in [-0.15, -0.1) is 5.10 Å². The van der Waals surface area contributed by atoms with Crippen molar-refractivity contribution in [3.05, 3.63) is 10.3 Å². The largest absolute Gasteiger partial charge is 0.322 e. The lowest BCUT2D eigenvalue weighted by Gasteiger charge is -2.30. The van der Waals surface area contributed by atoms with Crippen molar-refractivity contribution in [3.8, 4) is 0 Å². The Morgan fingerprint density at radius 2 is 2.00 bits per heavy atom. The molecule has 2 N–H and O–H groups in total. The third kappa shape index (κ3) is 2.30. The van der Waals surface area contributed by atoms with Gasteiger partial charge in [-0.3, -0.25) is 0 Å². The number of aryl methyl sites for hydroxylation is 1. The van der Waals surface area contributed by atoms with E-state index in [1.54, 1.807) is 4.68 Å². The van der Waals surface area contributed by atoms with Crippen LogP contribution >= 0.6 is 15.9 Å². The number of nitrogens with two attached hydrogens (primary N) is 1. The van der Waals surface area contributed by atoms with E-state index in [1.165, 1.54) is 25.7 Å². The summed E-state index contributed by atoms with van der Waals surface area (Å²) < 4.78 is 2.58. The molecule has 0 aromatic carbocycles. The Balaban J connectivity index is 2.10. The number of hydrogen-bond donors (Lipinski definition) is 1. The third-order valence-corrected chi connectivity index (χ3v) is 4.28. The molecular formula is C11H19BrN4. The van der Waals surface area contributed by atoms with E-state index in [-0.39, 0.29) is 6.04 Å². The van der Waals surface area contributed by atoms with Gasteiger partial charge in [0, 0.05) is 7.05 Å². The van der Waals surface area contributed by atoms with E-state index >= 15 is 0 Å². The van der Waals surface area contributed by atoms with E-state index in [1.807, 2.05) is 7.05 Å². The minimum Gasteiger partial charge on any atom is -0.322 e. The number of rotatable bonds is 2. The third-order valence-electron chi connectivity index (χ3n) is 3.71. The number of nitrogens with zero attached hydrogens (tertiary/aromatic N) is 3. The lowest BCUT2D eigenvalue weighted by molar-refractivity contribution is 0.250. The summed E-state index contributed by atoms with van der Waals surface area (Å²) >= 11 is 3.42. The highest BCUT2D eigenvalue weighted by atomic mass is 79.9. The Morgan fingerprint density at radius 3 is 2.50 bits per heavy atom. The maximum atomic E-state index is 6.33. The molecule has 90 valence electrons. The van der Waals surface area contributed by atoms with Crippen LogP contribution in [0.3, 0.4) is 0 Å².